The molecule has 2 aromatic rings. The van der Waals surface area contributed by atoms with Gasteiger partial charge in [-0.15, -0.1) is 0 Å². The summed E-state index contributed by atoms with van der Waals surface area (Å²) in [6, 6.07) is 12.9. The number of nitrogens with zero attached hydrogens (tertiary/aromatic N) is 1. The van der Waals surface area contributed by atoms with Crippen molar-refractivity contribution in [2.45, 2.75) is 31.8 Å². The van der Waals surface area contributed by atoms with Gasteiger partial charge in [0.1, 0.15) is 0 Å². The first-order chi connectivity index (χ1) is 11.2. The van der Waals surface area contributed by atoms with Gasteiger partial charge in [0, 0.05) is 33.5 Å². The van der Waals surface area contributed by atoms with E-state index in [1.54, 1.807) is 0 Å². The van der Waals surface area contributed by atoms with Crippen molar-refractivity contribution in [1.82, 2.24) is 0 Å². The van der Waals surface area contributed by atoms with Crippen LogP contribution in [0.25, 0.3) is 5.70 Å². The molecule has 2 aromatic carbocycles. The van der Waals surface area contributed by atoms with Gasteiger partial charge in [0.2, 0.25) is 0 Å². The number of hydrogen-bond acceptors (Lipinski definition) is 2. The first kappa shape index (κ1) is 15.0. The molecule has 1 N–H and O–H groups in total. The van der Waals surface area contributed by atoms with Gasteiger partial charge in [-0.3, -0.25) is 0 Å². The van der Waals surface area contributed by atoms with Gasteiger partial charge in [-0.2, -0.15) is 0 Å². The maximum Gasteiger partial charge on any atom is 0.0713 e. The number of fused-ring (bicyclic) bond motifs is 1. The smallest absolute Gasteiger partial charge is 0.0713 e. The Kier molecular flexibility index (Phi) is 3.78. The van der Waals surface area contributed by atoms with Crippen LogP contribution in [-0.2, 0) is 13.0 Å². The molecule has 1 heterocycles. The molecule has 0 aromatic heterocycles. The predicted molar refractivity (Wildman–Crippen MR) is 98.6 cm³/mol. The molecule has 0 saturated heterocycles. The first-order valence-corrected chi connectivity index (χ1v) is 8.96. The monoisotopic (exact) mass is 369 g/mol. The van der Waals surface area contributed by atoms with E-state index >= 15 is 0 Å². The number of anilines is 1. The fraction of sp³-hybridized carbons (Fsp3) is 0.300. The summed E-state index contributed by atoms with van der Waals surface area (Å²) < 4.78 is 0.945. The molecule has 23 heavy (non-hydrogen) atoms. The summed E-state index contributed by atoms with van der Waals surface area (Å²) in [5, 5.41) is 9.73. The van der Waals surface area contributed by atoms with E-state index in [2.05, 4.69) is 51.7 Å². The largest absolute Gasteiger partial charge is 0.392 e. The quantitative estimate of drug-likeness (QED) is 0.835. The SMILES string of the molecule is C=C1c2ccc(C3CC3)cc2CCN1c1cccc(Br)c1CO. The molecule has 0 amide bonds. The average Bonchev–Trinajstić information content (AvgIpc) is 3.40. The summed E-state index contributed by atoms with van der Waals surface area (Å²) in [5.41, 5.74) is 7.14. The Morgan fingerprint density at radius 2 is 2.04 bits per heavy atom. The summed E-state index contributed by atoms with van der Waals surface area (Å²) >= 11 is 3.54. The van der Waals surface area contributed by atoms with Gasteiger partial charge in [-0.25, -0.2) is 0 Å². The predicted octanol–water partition coefficient (Wildman–Crippen LogP) is 4.85. The fourth-order valence-electron chi connectivity index (χ4n) is 3.51. The molecule has 2 aliphatic rings. The highest BCUT2D eigenvalue weighted by atomic mass is 79.9. The molecule has 3 heteroatoms. The summed E-state index contributed by atoms with van der Waals surface area (Å²) in [6.07, 6.45) is 3.69. The molecule has 0 radical (unpaired) electrons. The van der Waals surface area contributed by atoms with Crippen LogP contribution >= 0.6 is 15.9 Å². The molecule has 2 nitrogen and oxygen atoms in total. The molecule has 1 aliphatic heterocycles. The standard InChI is InChI=1S/C20H20BrNO/c1-13-17-8-7-15(14-5-6-14)11-16(17)9-10-22(13)20-4-2-3-19(21)18(20)12-23/h2-4,7-8,11,14,23H,1,5-6,9-10,12H2. The van der Waals surface area contributed by atoms with Crippen LogP contribution < -0.4 is 4.90 Å². The van der Waals surface area contributed by atoms with Crippen LogP contribution in [0.2, 0.25) is 0 Å². The lowest BCUT2D eigenvalue weighted by Gasteiger charge is -2.34. The van der Waals surface area contributed by atoms with Gasteiger partial charge in [0.05, 0.1) is 6.61 Å². The van der Waals surface area contributed by atoms with Crippen LogP contribution in [0.1, 0.15) is 41.0 Å². The van der Waals surface area contributed by atoms with E-state index in [1.807, 2.05) is 12.1 Å². The Labute approximate surface area is 145 Å². The van der Waals surface area contributed by atoms with Crippen LogP contribution in [-0.4, -0.2) is 11.7 Å². The van der Waals surface area contributed by atoms with Crippen LogP contribution in [0.15, 0.2) is 47.4 Å². The second-order valence-electron chi connectivity index (χ2n) is 6.43. The number of aliphatic hydroxyl groups excluding tert-OH is 1. The molecule has 0 unspecified atom stereocenters. The zero-order chi connectivity index (χ0) is 16.0. The molecule has 1 saturated carbocycles. The van der Waals surface area contributed by atoms with Crippen LogP contribution in [0, 0.1) is 0 Å². The number of halogens is 1. The minimum atomic E-state index is 0.0218. The topological polar surface area (TPSA) is 23.5 Å². The molecule has 0 spiro atoms. The van der Waals surface area contributed by atoms with Gasteiger partial charge < -0.3 is 10.0 Å². The van der Waals surface area contributed by atoms with Crippen molar-refractivity contribution in [2.24, 2.45) is 0 Å². The van der Waals surface area contributed by atoms with E-state index < -0.39 is 0 Å². The van der Waals surface area contributed by atoms with Gasteiger partial charge in [0.15, 0.2) is 0 Å². The highest BCUT2D eigenvalue weighted by molar-refractivity contribution is 9.10. The van der Waals surface area contributed by atoms with E-state index in [1.165, 1.54) is 29.5 Å². The third-order valence-electron chi connectivity index (χ3n) is 4.96. The number of rotatable bonds is 3. The Morgan fingerprint density at radius 1 is 1.22 bits per heavy atom. The van der Waals surface area contributed by atoms with Crippen LogP contribution in [0.5, 0.6) is 0 Å². The summed E-state index contributed by atoms with van der Waals surface area (Å²) in [6.45, 7) is 5.27. The maximum atomic E-state index is 9.73. The minimum Gasteiger partial charge on any atom is -0.392 e. The lowest BCUT2D eigenvalue weighted by atomic mass is 9.93. The minimum absolute atomic E-state index is 0.0218. The third kappa shape index (κ3) is 2.62. The number of aliphatic hydroxyl groups is 1. The lowest BCUT2D eigenvalue weighted by Crippen LogP contribution is -2.29. The van der Waals surface area contributed by atoms with Crippen molar-refractivity contribution >= 4 is 27.3 Å². The van der Waals surface area contributed by atoms with E-state index in [-0.39, 0.29) is 6.61 Å². The Bertz CT molecular complexity index is 779. The summed E-state index contributed by atoms with van der Waals surface area (Å²) in [7, 11) is 0. The van der Waals surface area contributed by atoms with E-state index in [4.69, 9.17) is 0 Å². The van der Waals surface area contributed by atoms with Crippen molar-refractivity contribution in [1.29, 1.82) is 0 Å². The zero-order valence-electron chi connectivity index (χ0n) is 13.1. The van der Waals surface area contributed by atoms with Crippen LogP contribution in [0.3, 0.4) is 0 Å². The van der Waals surface area contributed by atoms with E-state index in [9.17, 15) is 5.11 Å². The van der Waals surface area contributed by atoms with Crippen molar-refractivity contribution in [3.05, 3.63) is 69.7 Å². The Morgan fingerprint density at radius 3 is 2.78 bits per heavy atom. The zero-order valence-corrected chi connectivity index (χ0v) is 14.6. The van der Waals surface area contributed by atoms with Crippen molar-refractivity contribution < 1.29 is 5.11 Å². The van der Waals surface area contributed by atoms with Gasteiger partial charge in [-0.05, 0) is 48.4 Å². The molecule has 0 atom stereocenters. The molecular formula is C20H20BrNO. The van der Waals surface area contributed by atoms with E-state index in [0.29, 0.717) is 0 Å². The van der Waals surface area contributed by atoms with Crippen molar-refractivity contribution in [2.75, 3.05) is 11.4 Å². The molecule has 118 valence electrons. The second-order valence-corrected chi connectivity index (χ2v) is 7.29. The Balaban J connectivity index is 1.71. The van der Waals surface area contributed by atoms with Crippen LogP contribution in [0.4, 0.5) is 5.69 Å². The highest BCUT2D eigenvalue weighted by Gasteiger charge is 2.27. The molecule has 1 aliphatic carbocycles. The number of benzene rings is 2. The van der Waals surface area contributed by atoms with E-state index in [0.717, 1.165) is 40.3 Å². The van der Waals surface area contributed by atoms with Gasteiger partial charge >= 0.3 is 0 Å². The summed E-state index contributed by atoms with van der Waals surface area (Å²) in [4.78, 5) is 2.23. The fourth-order valence-corrected chi connectivity index (χ4v) is 3.99. The first-order valence-electron chi connectivity index (χ1n) is 8.17. The normalized spacial score (nSPS) is 17.3. The molecule has 4 rings (SSSR count). The molecular weight excluding hydrogens is 350 g/mol. The highest BCUT2D eigenvalue weighted by Crippen LogP contribution is 2.42. The summed E-state index contributed by atoms with van der Waals surface area (Å²) in [5.74, 6) is 0.790. The average molecular weight is 370 g/mol. The van der Waals surface area contributed by atoms with Crippen molar-refractivity contribution in [3.8, 4) is 0 Å². The van der Waals surface area contributed by atoms with Gasteiger partial charge in [-0.1, -0.05) is 46.8 Å². The lowest BCUT2D eigenvalue weighted by molar-refractivity contribution is 0.281. The third-order valence-corrected chi connectivity index (χ3v) is 5.71. The maximum absolute atomic E-state index is 9.73. The van der Waals surface area contributed by atoms with Gasteiger partial charge in [0.25, 0.3) is 0 Å². The Hall–Kier alpha value is -1.58. The van der Waals surface area contributed by atoms with Crippen molar-refractivity contribution in [3.63, 3.8) is 0 Å². The molecule has 1 fully saturated rings. The molecule has 0 bridgehead atoms. The number of hydrogen-bond donors (Lipinski definition) is 1. The second kappa shape index (κ2) is 5.81.